The zero-order valence-electron chi connectivity index (χ0n) is 15.8. The predicted molar refractivity (Wildman–Crippen MR) is 118 cm³/mol. The van der Waals surface area contributed by atoms with Gasteiger partial charge in [-0.15, -0.1) is 32.9 Å². The fourth-order valence-electron chi connectivity index (χ4n) is 2.49. The lowest BCUT2D eigenvalue weighted by Gasteiger charge is -2.03. The highest BCUT2D eigenvalue weighted by atomic mass is 32.1. The molecule has 3 aromatic heterocycles. The average Bonchev–Trinajstić information content (AvgIpc) is 3.53. The number of amides is 1. The van der Waals surface area contributed by atoms with Gasteiger partial charge in [-0.3, -0.25) is 4.79 Å². The summed E-state index contributed by atoms with van der Waals surface area (Å²) in [6.07, 6.45) is 0.933. The van der Waals surface area contributed by atoms with Crippen LogP contribution < -0.4 is 5.32 Å². The summed E-state index contributed by atoms with van der Waals surface area (Å²) < 4.78 is 5.27. The highest BCUT2D eigenvalue weighted by molar-refractivity contribution is 7.20. The van der Waals surface area contributed by atoms with E-state index in [9.17, 15) is 9.59 Å². The van der Waals surface area contributed by atoms with Crippen molar-refractivity contribution < 1.29 is 14.3 Å². The van der Waals surface area contributed by atoms with Gasteiger partial charge in [0.05, 0.1) is 4.88 Å². The maximum Gasteiger partial charge on any atom is 0.358 e. The van der Waals surface area contributed by atoms with E-state index >= 15 is 0 Å². The number of ether oxygens (including phenoxy) is 1. The van der Waals surface area contributed by atoms with Crippen molar-refractivity contribution >= 4 is 51.6 Å². The third-order valence-electron chi connectivity index (χ3n) is 4.05. The van der Waals surface area contributed by atoms with Crippen LogP contribution in [0, 0.1) is 0 Å². The molecule has 0 aliphatic carbocycles. The van der Waals surface area contributed by atoms with E-state index in [4.69, 9.17) is 4.74 Å². The Morgan fingerprint density at radius 2 is 1.93 bits per heavy atom. The van der Waals surface area contributed by atoms with E-state index in [-0.39, 0.29) is 23.2 Å². The van der Waals surface area contributed by atoms with Gasteiger partial charge in [-0.1, -0.05) is 36.5 Å². The number of anilines is 1. The van der Waals surface area contributed by atoms with Gasteiger partial charge in [0.25, 0.3) is 5.91 Å². The number of nitrogens with zero attached hydrogens (tertiary/aromatic N) is 3. The summed E-state index contributed by atoms with van der Waals surface area (Å²) in [5.41, 5.74) is 2.13. The minimum Gasteiger partial charge on any atom is -0.453 e. The molecular weight excluding hydrogens is 440 g/mol. The monoisotopic (exact) mass is 456 g/mol. The fraction of sp³-hybridized carbons (Fsp3) is 0.150. The van der Waals surface area contributed by atoms with Crippen molar-refractivity contribution in [2.24, 2.45) is 0 Å². The molecule has 152 valence electrons. The molecule has 0 aliphatic rings. The average molecular weight is 457 g/mol. The van der Waals surface area contributed by atoms with E-state index in [2.05, 4.69) is 27.4 Å². The summed E-state index contributed by atoms with van der Waals surface area (Å²) in [7, 11) is 0. The van der Waals surface area contributed by atoms with Crippen molar-refractivity contribution in [3.05, 3.63) is 68.4 Å². The molecule has 0 bridgehead atoms. The first kappa shape index (κ1) is 20.3. The van der Waals surface area contributed by atoms with E-state index in [0.29, 0.717) is 10.7 Å². The Bertz CT molecular complexity index is 1150. The summed E-state index contributed by atoms with van der Waals surface area (Å²) in [5, 5.41) is 15.6. The van der Waals surface area contributed by atoms with Gasteiger partial charge in [0.2, 0.25) is 5.01 Å². The molecule has 0 saturated heterocycles. The molecular formula is C20H16N4O3S3. The number of hydrogen-bond acceptors (Lipinski definition) is 9. The zero-order valence-corrected chi connectivity index (χ0v) is 18.3. The summed E-state index contributed by atoms with van der Waals surface area (Å²) >= 11 is 4.03. The molecule has 4 aromatic rings. The second-order valence-corrected chi connectivity index (χ2v) is 8.96. The van der Waals surface area contributed by atoms with E-state index in [0.717, 1.165) is 27.6 Å². The summed E-state index contributed by atoms with van der Waals surface area (Å²) in [6, 6.07) is 11.5. The standard InChI is InChI=1S/C20H16N4O3S3/c1-2-12-5-7-13(8-6-12)21-17(25)19-24-23-16(30-19)10-27-20(26)14-11-29-18(22-14)15-4-3-9-28-15/h3-9,11H,2,10H2,1H3,(H,21,25). The second kappa shape index (κ2) is 9.24. The molecule has 3 heterocycles. The molecule has 30 heavy (non-hydrogen) atoms. The Morgan fingerprint density at radius 3 is 2.67 bits per heavy atom. The van der Waals surface area contributed by atoms with Crippen molar-refractivity contribution in [1.29, 1.82) is 0 Å². The molecule has 0 atom stereocenters. The molecule has 7 nitrogen and oxygen atoms in total. The van der Waals surface area contributed by atoms with Crippen LogP contribution >= 0.6 is 34.0 Å². The van der Waals surface area contributed by atoms with Gasteiger partial charge in [-0.25, -0.2) is 9.78 Å². The van der Waals surface area contributed by atoms with E-state index in [1.54, 1.807) is 16.7 Å². The largest absolute Gasteiger partial charge is 0.453 e. The van der Waals surface area contributed by atoms with Crippen LogP contribution in [-0.4, -0.2) is 27.1 Å². The van der Waals surface area contributed by atoms with Crippen LogP contribution in [-0.2, 0) is 17.8 Å². The number of hydrogen-bond donors (Lipinski definition) is 1. The maximum atomic E-state index is 12.3. The first-order chi connectivity index (χ1) is 14.6. The normalized spacial score (nSPS) is 10.7. The summed E-state index contributed by atoms with van der Waals surface area (Å²) in [5.74, 6) is -0.888. The Kier molecular flexibility index (Phi) is 6.26. The molecule has 4 rings (SSSR count). The molecule has 0 unspecified atom stereocenters. The van der Waals surface area contributed by atoms with Gasteiger partial charge in [0.15, 0.2) is 10.7 Å². The topological polar surface area (TPSA) is 94.1 Å². The molecule has 1 N–H and O–H groups in total. The molecule has 10 heteroatoms. The SMILES string of the molecule is CCc1ccc(NC(=O)c2nnc(COC(=O)c3csc(-c4cccs4)n3)s2)cc1. The minimum atomic E-state index is -0.536. The molecule has 0 fully saturated rings. The lowest BCUT2D eigenvalue weighted by molar-refractivity contribution is 0.0465. The fourth-order valence-corrected chi connectivity index (χ4v) is 4.75. The lowest BCUT2D eigenvalue weighted by Crippen LogP contribution is -2.11. The third-order valence-corrected chi connectivity index (χ3v) is 6.83. The van der Waals surface area contributed by atoms with Crippen LogP contribution in [0.1, 0.15) is 37.8 Å². The Balaban J connectivity index is 1.32. The van der Waals surface area contributed by atoms with Crippen molar-refractivity contribution in [3.8, 4) is 9.88 Å². The molecule has 0 saturated carbocycles. The second-order valence-electron chi connectivity index (χ2n) is 6.10. The van der Waals surface area contributed by atoms with Crippen LogP contribution in [0.4, 0.5) is 5.69 Å². The number of carbonyl (C=O) groups excluding carboxylic acids is 2. The predicted octanol–water partition coefficient (Wildman–Crippen LogP) is 4.89. The van der Waals surface area contributed by atoms with Crippen LogP contribution in [0.25, 0.3) is 9.88 Å². The molecule has 0 aliphatic heterocycles. The lowest BCUT2D eigenvalue weighted by atomic mass is 10.1. The van der Waals surface area contributed by atoms with Gasteiger partial charge >= 0.3 is 5.97 Å². The number of nitrogens with one attached hydrogen (secondary N) is 1. The van der Waals surface area contributed by atoms with Crippen molar-refractivity contribution in [1.82, 2.24) is 15.2 Å². The summed E-state index contributed by atoms with van der Waals surface area (Å²) in [4.78, 5) is 29.9. The van der Waals surface area contributed by atoms with Crippen molar-refractivity contribution in [2.75, 3.05) is 5.32 Å². The third kappa shape index (κ3) is 4.78. The Hall–Kier alpha value is -2.95. The Morgan fingerprint density at radius 1 is 1.10 bits per heavy atom. The van der Waals surface area contributed by atoms with Gasteiger partial charge in [0.1, 0.15) is 11.6 Å². The highest BCUT2D eigenvalue weighted by Crippen LogP contribution is 2.28. The molecule has 1 amide bonds. The van der Waals surface area contributed by atoms with Crippen molar-refractivity contribution in [2.45, 2.75) is 20.0 Å². The number of thiophene rings is 1. The van der Waals surface area contributed by atoms with Crippen LogP contribution in [0.5, 0.6) is 0 Å². The first-order valence-corrected chi connectivity index (χ1v) is 11.6. The molecule has 0 radical (unpaired) electrons. The van der Waals surface area contributed by atoms with E-state index < -0.39 is 5.97 Å². The quantitative estimate of drug-likeness (QED) is 0.398. The number of aryl methyl sites for hydroxylation is 1. The zero-order chi connectivity index (χ0) is 20.9. The van der Waals surface area contributed by atoms with Crippen molar-refractivity contribution in [3.63, 3.8) is 0 Å². The Labute approximate surface area is 184 Å². The van der Waals surface area contributed by atoms with Gasteiger partial charge in [0, 0.05) is 11.1 Å². The van der Waals surface area contributed by atoms with Crippen LogP contribution in [0.2, 0.25) is 0 Å². The number of esters is 1. The number of benzene rings is 1. The molecule has 0 spiro atoms. The highest BCUT2D eigenvalue weighted by Gasteiger charge is 2.17. The summed E-state index contributed by atoms with van der Waals surface area (Å²) in [6.45, 7) is 2.00. The van der Waals surface area contributed by atoms with Gasteiger partial charge in [-0.2, -0.15) is 0 Å². The van der Waals surface area contributed by atoms with Gasteiger partial charge < -0.3 is 10.1 Å². The number of thiazole rings is 1. The van der Waals surface area contributed by atoms with Crippen LogP contribution in [0.15, 0.2) is 47.2 Å². The first-order valence-electron chi connectivity index (χ1n) is 9.01. The van der Waals surface area contributed by atoms with E-state index in [1.165, 1.54) is 16.9 Å². The number of aromatic nitrogens is 3. The smallest absolute Gasteiger partial charge is 0.358 e. The number of carbonyl (C=O) groups is 2. The van der Waals surface area contributed by atoms with Crippen LogP contribution in [0.3, 0.4) is 0 Å². The van der Waals surface area contributed by atoms with Gasteiger partial charge in [-0.05, 0) is 35.6 Å². The maximum absolute atomic E-state index is 12.3. The minimum absolute atomic E-state index is 0.0686. The van der Waals surface area contributed by atoms with E-state index in [1.807, 2.05) is 41.8 Å². The molecule has 1 aromatic carbocycles. The number of rotatable bonds is 7.